The zero-order valence-corrected chi connectivity index (χ0v) is 17.2. The van der Waals surface area contributed by atoms with Crippen molar-refractivity contribution in [1.29, 1.82) is 0 Å². The second-order valence-corrected chi connectivity index (χ2v) is 8.66. The van der Waals surface area contributed by atoms with E-state index in [1.165, 1.54) is 12.8 Å². The van der Waals surface area contributed by atoms with Crippen molar-refractivity contribution in [3.8, 4) is 0 Å². The SMILES string of the molecule is CC[CH2][Hf+3][C]1=CC=CC1.COC(C)OC.[Cl-].[Cl-].[Cl-]. The maximum atomic E-state index is 4.68. The van der Waals surface area contributed by atoms with Gasteiger partial charge in [-0.05, 0) is 6.92 Å². The molecule has 0 aromatic carbocycles. The van der Waals surface area contributed by atoms with Crippen LogP contribution in [0.1, 0.15) is 26.7 Å². The molecule has 107 valence electrons. The fourth-order valence-electron chi connectivity index (χ4n) is 0.960. The van der Waals surface area contributed by atoms with Crippen LogP contribution >= 0.6 is 0 Å². The van der Waals surface area contributed by atoms with Gasteiger partial charge in [-0.25, -0.2) is 0 Å². The van der Waals surface area contributed by atoms with Crippen LogP contribution in [0.15, 0.2) is 21.6 Å². The van der Waals surface area contributed by atoms with Gasteiger partial charge in [-0.3, -0.25) is 0 Å². The van der Waals surface area contributed by atoms with Gasteiger partial charge < -0.3 is 46.7 Å². The second kappa shape index (κ2) is 20.5. The molecule has 18 heavy (non-hydrogen) atoms. The van der Waals surface area contributed by atoms with Crippen LogP contribution in [0.4, 0.5) is 0 Å². The Hall–Kier alpha value is 1.14. The van der Waals surface area contributed by atoms with Crippen molar-refractivity contribution in [2.75, 3.05) is 14.2 Å². The number of hydrogen-bond donors (Lipinski definition) is 0. The van der Waals surface area contributed by atoms with E-state index in [2.05, 4.69) is 34.6 Å². The molecule has 1 aliphatic rings. The Morgan fingerprint density at radius 1 is 1.22 bits per heavy atom. The van der Waals surface area contributed by atoms with E-state index < -0.39 is 0 Å². The summed E-state index contributed by atoms with van der Waals surface area (Å²) in [4.78, 5) is 0. The number of halogens is 3. The Labute approximate surface area is 142 Å². The van der Waals surface area contributed by atoms with Crippen LogP contribution in [-0.4, -0.2) is 20.5 Å². The predicted octanol–water partition coefficient (Wildman–Crippen LogP) is -5.62. The fourth-order valence-corrected chi connectivity index (χ4v) is 4.72. The van der Waals surface area contributed by atoms with Gasteiger partial charge >= 0.3 is 68.4 Å². The van der Waals surface area contributed by atoms with Crippen molar-refractivity contribution in [2.45, 2.75) is 37.2 Å². The first-order chi connectivity index (χ1) is 7.24. The number of rotatable bonds is 5. The van der Waals surface area contributed by atoms with Gasteiger partial charge in [0, 0.05) is 14.2 Å². The van der Waals surface area contributed by atoms with E-state index in [4.69, 9.17) is 0 Å². The van der Waals surface area contributed by atoms with Crippen LogP contribution in [0.25, 0.3) is 0 Å². The maximum absolute atomic E-state index is 4.68. The molecule has 0 saturated heterocycles. The quantitative estimate of drug-likeness (QED) is 0.287. The van der Waals surface area contributed by atoms with Gasteiger partial charge in [0.15, 0.2) is 6.29 Å². The molecule has 2 nitrogen and oxygen atoms in total. The summed E-state index contributed by atoms with van der Waals surface area (Å²) in [6.07, 6.45) is 9.45. The third-order valence-electron chi connectivity index (χ3n) is 2.04. The van der Waals surface area contributed by atoms with Crippen molar-refractivity contribution in [2.24, 2.45) is 0 Å². The average molecular weight is 483 g/mol. The summed E-state index contributed by atoms with van der Waals surface area (Å²) < 4.78 is 12.7. The minimum atomic E-state index is -0.263. The topological polar surface area (TPSA) is 18.5 Å². The number of hydrogen-bond acceptors (Lipinski definition) is 2. The first-order valence-electron chi connectivity index (χ1n) is 5.39. The standard InChI is InChI=1S/C5H5.C4H10O2.C3H7.3ClH.Hf/c1-2-4-5-3-1;1-4(5-2)6-3;1-3-2;;;;/h1-3H,4H2;4H,1-3H3;1,3H2,2H3;3*1H;/q;;;;;;+3/p-3. The first kappa shape index (κ1) is 27.5. The summed E-state index contributed by atoms with van der Waals surface area (Å²) >= 11 is -0.263. The molecule has 1 rings (SSSR count). The van der Waals surface area contributed by atoms with Gasteiger partial charge in [-0.1, -0.05) is 0 Å². The first-order valence-corrected chi connectivity index (χ1v) is 9.73. The van der Waals surface area contributed by atoms with Gasteiger partial charge in [0.1, 0.15) is 0 Å². The third-order valence-corrected chi connectivity index (χ3v) is 7.70. The number of methoxy groups -OCH3 is 2. The van der Waals surface area contributed by atoms with Crippen LogP contribution in [0.3, 0.4) is 0 Å². The van der Waals surface area contributed by atoms with E-state index in [0.717, 1.165) is 0 Å². The zero-order chi connectivity index (χ0) is 11.5. The third kappa shape index (κ3) is 17.1. The Morgan fingerprint density at radius 2 is 1.78 bits per heavy atom. The molecule has 0 spiro atoms. The number of allylic oxidation sites excluding steroid dienone is 4. The molecule has 0 heterocycles. The Bertz CT molecular complexity index is 207. The second-order valence-electron chi connectivity index (χ2n) is 3.29. The molecule has 0 unspecified atom stereocenters. The van der Waals surface area contributed by atoms with Crippen LogP contribution in [0.2, 0.25) is 4.18 Å². The number of ether oxygens (including phenoxy) is 2. The van der Waals surface area contributed by atoms with Crippen LogP contribution in [0, 0.1) is 0 Å². The summed E-state index contributed by atoms with van der Waals surface area (Å²) in [7, 11) is 3.21. The smallest absolute Gasteiger partial charge is 0.154 e. The minimum absolute atomic E-state index is 0. The van der Waals surface area contributed by atoms with Crippen molar-refractivity contribution < 1.29 is 69.6 Å². The molecule has 0 amide bonds. The fraction of sp³-hybridized carbons (Fsp3) is 0.667. The van der Waals surface area contributed by atoms with E-state index in [1.807, 2.05) is 6.92 Å². The Balaban J connectivity index is -0.0000000992. The largest absolute Gasteiger partial charge is 1.00 e. The zero-order valence-electron chi connectivity index (χ0n) is 11.4. The van der Waals surface area contributed by atoms with Gasteiger partial charge in [0.05, 0.1) is 0 Å². The van der Waals surface area contributed by atoms with E-state index in [1.54, 1.807) is 21.7 Å². The van der Waals surface area contributed by atoms with E-state index in [-0.39, 0.29) is 66.4 Å². The Morgan fingerprint density at radius 3 is 2.06 bits per heavy atom. The van der Waals surface area contributed by atoms with Crippen molar-refractivity contribution >= 4 is 0 Å². The van der Waals surface area contributed by atoms with Gasteiger partial charge in [-0.15, -0.1) is 0 Å². The maximum Gasteiger partial charge on any atom is 0.154 e. The molecule has 0 atom stereocenters. The molecule has 0 radical (unpaired) electrons. The van der Waals surface area contributed by atoms with Crippen LogP contribution in [-0.2, 0) is 32.4 Å². The predicted molar refractivity (Wildman–Crippen MR) is 60.4 cm³/mol. The van der Waals surface area contributed by atoms with Crippen molar-refractivity contribution in [3.05, 3.63) is 21.6 Å². The molecule has 0 aromatic rings. The molecular weight excluding hydrogens is 461 g/mol. The molecule has 0 aromatic heterocycles. The molecule has 6 heteroatoms. The molecule has 0 bridgehead atoms. The van der Waals surface area contributed by atoms with E-state index in [9.17, 15) is 0 Å². The summed E-state index contributed by atoms with van der Waals surface area (Å²) in [5.74, 6) is 0. The van der Waals surface area contributed by atoms with Crippen LogP contribution in [0.5, 0.6) is 0 Å². The monoisotopic (exact) mass is 483 g/mol. The van der Waals surface area contributed by atoms with Gasteiger partial charge in [-0.2, -0.15) is 0 Å². The van der Waals surface area contributed by atoms with Gasteiger partial charge in [0.2, 0.25) is 0 Å². The van der Waals surface area contributed by atoms with Crippen molar-refractivity contribution in [3.63, 3.8) is 0 Å². The van der Waals surface area contributed by atoms with E-state index >= 15 is 0 Å². The van der Waals surface area contributed by atoms with Crippen LogP contribution < -0.4 is 37.2 Å². The summed E-state index contributed by atoms with van der Waals surface area (Å²) in [5.41, 5.74) is 0. The molecule has 0 fully saturated rings. The summed E-state index contributed by atoms with van der Waals surface area (Å²) in [6.45, 7) is 4.12. The van der Waals surface area contributed by atoms with E-state index in [0.29, 0.717) is 0 Å². The molecular formula is C12H22Cl3HfO2. The minimum Gasteiger partial charge on any atom is -1.00 e. The molecule has 0 aliphatic heterocycles. The average Bonchev–Trinajstić information content (AvgIpc) is 2.79. The summed E-state index contributed by atoms with van der Waals surface area (Å²) in [5, 5.41) is 0. The molecule has 1 aliphatic carbocycles. The molecule has 0 saturated carbocycles. The summed E-state index contributed by atoms with van der Waals surface area (Å²) in [6, 6.07) is 0. The Kier molecular flexibility index (Phi) is 31.2. The van der Waals surface area contributed by atoms with Gasteiger partial charge in [0.25, 0.3) is 0 Å². The van der Waals surface area contributed by atoms with Crippen molar-refractivity contribution in [1.82, 2.24) is 0 Å². The molecule has 0 N–H and O–H groups in total. The normalized spacial score (nSPS) is 11.1.